The number of pyridine rings is 1. The van der Waals surface area contributed by atoms with Gasteiger partial charge in [-0.1, -0.05) is 36.4 Å². The van der Waals surface area contributed by atoms with Crippen molar-refractivity contribution in [2.24, 2.45) is 0 Å². The summed E-state index contributed by atoms with van der Waals surface area (Å²) >= 11 is 0. The van der Waals surface area contributed by atoms with Crippen LogP contribution in [0.5, 0.6) is 0 Å². The largest absolute Gasteiger partial charge is 0.366 e. The van der Waals surface area contributed by atoms with E-state index in [9.17, 15) is 9.18 Å². The average Bonchev–Trinajstić information content (AvgIpc) is 2.80. The van der Waals surface area contributed by atoms with E-state index in [4.69, 9.17) is 0 Å². The molecule has 0 spiro atoms. The minimum absolute atomic E-state index is 0.196. The maximum atomic E-state index is 13.1. The van der Waals surface area contributed by atoms with Gasteiger partial charge in [0.05, 0.1) is 0 Å². The summed E-state index contributed by atoms with van der Waals surface area (Å²) in [5.74, 6) is 0.155. The van der Waals surface area contributed by atoms with E-state index >= 15 is 0 Å². The lowest BCUT2D eigenvalue weighted by Gasteiger charge is -2.11. The Balaban J connectivity index is 1.62. The zero-order chi connectivity index (χ0) is 20.8. The first-order valence-corrected chi connectivity index (χ1v) is 9.31. The summed E-state index contributed by atoms with van der Waals surface area (Å²) in [4.78, 5) is 25.8. The Morgan fingerprint density at radius 1 is 0.933 bits per heavy atom. The minimum Gasteiger partial charge on any atom is -0.366 e. The molecule has 7 heteroatoms. The van der Waals surface area contributed by atoms with Gasteiger partial charge < -0.3 is 10.6 Å². The molecule has 6 nitrogen and oxygen atoms in total. The fourth-order valence-corrected chi connectivity index (χ4v) is 2.79. The summed E-state index contributed by atoms with van der Waals surface area (Å²) in [6.07, 6.45) is 3.47. The molecular formula is C23H18FN5O. The van der Waals surface area contributed by atoms with E-state index in [1.54, 1.807) is 18.5 Å². The fourth-order valence-electron chi connectivity index (χ4n) is 2.79. The van der Waals surface area contributed by atoms with Gasteiger partial charge in [-0.2, -0.15) is 0 Å². The summed E-state index contributed by atoms with van der Waals surface area (Å²) in [5, 5.41) is 5.95. The van der Waals surface area contributed by atoms with E-state index in [2.05, 4.69) is 25.6 Å². The van der Waals surface area contributed by atoms with Crippen LogP contribution in [0.2, 0.25) is 0 Å². The predicted octanol–water partition coefficient (Wildman–Crippen LogP) is 4.54. The minimum atomic E-state index is -0.411. The summed E-state index contributed by atoms with van der Waals surface area (Å²) in [5.41, 5.74) is 2.45. The SMILES string of the molecule is O=C(Nc1ccc(F)cc1)c1cc(NCc2cccnc2)nc(-c2ccccc2)n1. The number of amides is 1. The highest BCUT2D eigenvalue weighted by molar-refractivity contribution is 6.03. The van der Waals surface area contributed by atoms with Crippen molar-refractivity contribution in [3.8, 4) is 11.4 Å². The molecule has 4 aromatic rings. The second kappa shape index (κ2) is 8.91. The van der Waals surface area contributed by atoms with E-state index < -0.39 is 5.91 Å². The van der Waals surface area contributed by atoms with Gasteiger partial charge in [0.1, 0.15) is 17.3 Å². The van der Waals surface area contributed by atoms with Crippen LogP contribution in [-0.4, -0.2) is 20.9 Å². The number of nitrogens with one attached hydrogen (secondary N) is 2. The van der Waals surface area contributed by atoms with Gasteiger partial charge in [-0.25, -0.2) is 14.4 Å². The molecule has 30 heavy (non-hydrogen) atoms. The summed E-state index contributed by atoms with van der Waals surface area (Å²) < 4.78 is 13.1. The van der Waals surface area contributed by atoms with Gasteiger partial charge in [-0.3, -0.25) is 9.78 Å². The molecular weight excluding hydrogens is 381 g/mol. The highest BCUT2D eigenvalue weighted by Gasteiger charge is 2.14. The molecule has 0 saturated heterocycles. The molecule has 4 rings (SSSR count). The topological polar surface area (TPSA) is 79.8 Å². The Morgan fingerprint density at radius 2 is 1.73 bits per heavy atom. The third kappa shape index (κ3) is 4.82. The highest BCUT2D eigenvalue weighted by Crippen LogP contribution is 2.19. The van der Waals surface area contributed by atoms with Crippen molar-refractivity contribution in [1.82, 2.24) is 15.0 Å². The first kappa shape index (κ1) is 19.2. The number of carbonyl (C=O) groups is 1. The van der Waals surface area contributed by atoms with Crippen molar-refractivity contribution in [2.45, 2.75) is 6.54 Å². The fraction of sp³-hybridized carbons (Fsp3) is 0.0435. The zero-order valence-electron chi connectivity index (χ0n) is 15.9. The molecule has 0 atom stereocenters. The normalized spacial score (nSPS) is 10.4. The molecule has 2 aromatic carbocycles. The molecule has 0 bridgehead atoms. The third-order valence-electron chi connectivity index (χ3n) is 4.29. The molecule has 0 radical (unpaired) electrons. The van der Waals surface area contributed by atoms with Crippen LogP contribution in [0.3, 0.4) is 0 Å². The first-order valence-electron chi connectivity index (χ1n) is 9.31. The highest BCUT2D eigenvalue weighted by atomic mass is 19.1. The number of rotatable bonds is 6. The van der Waals surface area contributed by atoms with E-state index in [1.807, 2.05) is 42.5 Å². The number of anilines is 2. The van der Waals surface area contributed by atoms with Gasteiger partial charge in [0.2, 0.25) is 0 Å². The van der Waals surface area contributed by atoms with Crippen molar-refractivity contribution >= 4 is 17.4 Å². The van der Waals surface area contributed by atoms with Crippen LogP contribution in [-0.2, 0) is 6.54 Å². The monoisotopic (exact) mass is 399 g/mol. The lowest BCUT2D eigenvalue weighted by molar-refractivity contribution is 0.102. The number of carbonyl (C=O) groups excluding carboxylic acids is 1. The molecule has 0 saturated carbocycles. The van der Waals surface area contributed by atoms with Gasteiger partial charge in [-0.15, -0.1) is 0 Å². The van der Waals surface area contributed by atoms with Crippen LogP contribution in [0.4, 0.5) is 15.9 Å². The van der Waals surface area contributed by atoms with Crippen molar-refractivity contribution in [3.05, 3.63) is 102 Å². The molecule has 1 amide bonds. The number of benzene rings is 2. The lowest BCUT2D eigenvalue weighted by atomic mass is 10.2. The molecule has 2 heterocycles. The zero-order valence-corrected chi connectivity index (χ0v) is 15.9. The number of nitrogens with zero attached hydrogens (tertiary/aromatic N) is 3. The summed E-state index contributed by atoms with van der Waals surface area (Å²) in [6, 6.07) is 20.4. The van der Waals surface area contributed by atoms with Gasteiger partial charge in [0.25, 0.3) is 5.91 Å². The molecule has 0 unspecified atom stereocenters. The maximum absolute atomic E-state index is 13.1. The molecule has 0 fully saturated rings. The van der Waals surface area contributed by atoms with Crippen LogP contribution in [0, 0.1) is 5.82 Å². The Morgan fingerprint density at radius 3 is 2.47 bits per heavy atom. The van der Waals surface area contributed by atoms with Crippen molar-refractivity contribution in [1.29, 1.82) is 0 Å². The van der Waals surface area contributed by atoms with Crippen LogP contribution in [0.15, 0.2) is 85.2 Å². The van der Waals surface area contributed by atoms with Crippen molar-refractivity contribution in [2.75, 3.05) is 10.6 Å². The van der Waals surface area contributed by atoms with Crippen molar-refractivity contribution < 1.29 is 9.18 Å². The van der Waals surface area contributed by atoms with Crippen LogP contribution in [0.1, 0.15) is 16.1 Å². The first-order chi connectivity index (χ1) is 14.7. The Kier molecular flexibility index (Phi) is 5.70. The van der Waals surface area contributed by atoms with E-state index in [1.165, 1.54) is 24.3 Å². The predicted molar refractivity (Wildman–Crippen MR) is 113 cm³/mol. The quantitative estimate of drug-likeness (QED) is 0.498. The van der Waals surface area contributed by atoms with Crippen LogP contribution < -0.4 is 10.6 Å². The Labute approximate surface area is 172 Å². The van der Waals surface area contributed by atoms with Gasteiger partial charge in [-0.05, 0) is 35.9 Å². The van der Waals surface area contributed by atoms with Gasteiger partial charge in [0.15, 0.2) is 5.82 Å². The second-order valence-corrected chi connectivity index (χ2v) is 6.50. The standard InChI is InChI=1S/C23H18FN5O/c24-18-8-10-19(11-9-18)27-23(30)20-13-21(26-15-16-5-4-12-25-14-16)29-22(28-20)17-6-2-1-3-7-17/h1-14H,15H2,(H,27,30)(H,26,28,29). The molecule has 148 valence electrons. The van der Waals surface area contributed by atoms with Crippen molar-refractivity contribution in [3.63, 3.8) is 0 Å². The second-order valence-electron chi connectivity index (χ2n) is 6.50. The Hall–Kier alpha value is -4.13. The number of hydrogen-bond donors (Lipinski definition) is 2. The van der Waals surface area contributed by atoms with E-state index in [0.717, 1.165) is 11.1 Å². The molecule has 0 aliphatic carbocycles. The molecule has 0 aliphatic rings. The summed E-state index contributed by atoms with van der Waals surface area (Å²) in [6.45, 7) is 0.498. The maximum Gasteiger partial charge on any atom is 0.274 e. The third-order valence-corrected chi connectivity index (χ3v) is 4.29. The number of halogens is 1. The number of hydrogen-bond acceptors (Lipinski definition) is 5. The van der Waals surface area contributed by atoms with Gasteiger partial charge in [0, 0.05) is 36.3 Å². The molecule has 0 aliphatic heterocycles. The lowest BCUT2D eigenvalue weighted by Crippen LogP contribution is -2.15. The summed E-state index contributed by atoms with van der Waals surface area (Å²) in [7, 11) is 0. The van der Waals surface area contributed by atoms with E-state index in [0.29, 0.717) is 23.9 Å². The molecule has 2 N–H and O–H groups in total. The van der Waals surface area contributed by atoms with Crippen LogP contribution in [0.25, 0.3) is 11.4 Å². The average molecular weight is 399 g/mol. The smallest absolute Gasteiger partial charge is 0.274 e. The van der Waals surface area contributed by atoms with Crippen LogP contribution >= 0.6 is 0 Å². The Bertz CT molecular complexity index is 1140. The number of aromatic nitrogens is 3. The van der Waals surface area contributed by atoms with E-state index in [-0.39, 0.29) is 11.5 Å². The van der Waals surface area contributed by atoms with Gasteiger partial charge >= 0.3 is 0 Å². The molecule has 2 aromatic heterocycles.